The summed E-state index contributed by atoms with van der Waals surface area (Å²) >= 11 is 1.63. The summed E-state index contributed by atoms with van der Waals surface area (Å²) in [6.45, 7) is 11.1. The number of rotatable bonds is 3. The summed E-state index contributed by atoms with van der Waals surface area (Å²) in [5.74, 6) is 0.413. The second kappa shape index (κ2) is 8.10. The maximum absolute atomic E-state index is 5.95. The van der Waals surface area contributed by atoms with E-state index < -0.39 is 0 Å². The van der Waals surface area contributed by atoms with Crippen LogP contribution in [0.4, 0.5) is 5.69 Å². The molecular formula is C17H25IN4S. The van der Waals surface area contributed by atoms with Crippen molar-refractivity contribution in [1.29, 1.82) is 0 Å². The Morgan fingerprint density at radius 3 is 2.52 bits per heavy atom. The van der Waals surface area contributed by atoms with E-state index in [1.807, 2.05) is 6.07 Å². The zero-order chi connectivity index (χ0) is 16.3. The lowest BCUT2D eigenvalue weighted by molar-refractivity contribution is 0.571. The van der Waals surface area contributed by atoms with Gasteiger partial charge in [0.1, 0.15) is 5.01 Å². The number of aromatic nitrogens is 1. The van der Waals surface area contributed by atoms with Crippen LogP contribution in [0, 0.1) is 13.8 Å². The number of hydrogen-bond donors (Lipinski definition) is 2. The smallest absolute Gasteiger partial charge is 0.193 e. The van der Waals surface area contributed by atoms with Crippen LogP contribution in [0.3, 0.4) is 0 Å². The third kappa shape index (κ3) is 5.76. The summed E-state index contributed by atoms with van der Waals surface area (Å²) < 4.78 is 0. The Balaban J connectivity index is 0.00000264. The van der Waals surface area contributed by atoms with E-state index >= 15 is 0 Å². The maximum atomic E-state index is 5.95. The Labute approximate surface area is 159 Å². The number of nitrogens with zero attached hydrogens (tertiary/aromatic N) is 2. The number of nitrogens with one attached hydrogen (secondary N) is 1. The first-order valence-electron chi connectivity index (χ1n) is 7.35. The third-order valence-electron chi connectivity index (χ3n) is 3.48. The minimum absolute atomic E-state index is 0. The average molecular weight is 444 g/mol. The molecule has 2 rings (SSSR count). The van der Waals surface area contributed by atoms with Gasteiger partial charge in [-0.05, 0) is 37.1 Å². The van der Waals surface area contributed by atoms with E-state index in [4.69, 9.17) is 5.73 Å². The van der Waals surface area contributed by atoms with Gasteiger partial charge in [0.25, 0.3) is 0 Å². The predicted molar refractivity (Wildman–Crippen MR) is 111 cm³/mol. The quantitative estimate of drug-likeness (QED) is 0.413. The summed E-state index contributed by atoms with van der Waals surface area (Å²) in [7, 11) is 0. The number of halogens is 1. The summed E-state index contributed by atoms with van der Waals surface area (Å²) in [5, 5.41) is 6.20. The predicted octanol–water partition coefficient (Wildman–Crippen LogP) is 4.60. The SMILES string of the molecule is Cc1ccc(NC(N)=NCc2nc(C(C)(C)C)cs2)cc1C.I. The lowest BCUT2D eigenvalue weighted by atomic mass is 9.93. The number of aliphatic imine (C=N–C) groups is 1. The molecule has 1 heterocycles. The molecule has 126 valence electrons. The monoisotopic (exact) mass is 444 g/mol. The van der Waals surface area contributed by atoms with E-state index in [9.17, 15) is 0 Å². The van der Waals surface area contributed by atoms with Crippen LogP contribution in [0.15, 0.2) is 28.6 Å². The fraction of sp³-hybridized carbons (Fsp3) is 0.412. The molecule has 0 radical (unpaired) electrons. The van der Waals surface area contributed by atoms with Gasteiger partial charge in [0.15, 0.2) is 5.96 Å². The first-order valence-corrected chi connectivity index (χ1v) is 8.23. The molecule has 0 bridgehead atoms. The third-order valence-corrected chi connectivity index (χ3v) is 4.32. The fourth-order valence-corrected chi connectivity index (χ4v) is 2.83. The van der Waals surface area contributed by atoms with Crippen molar-refractivity contribution in [2.24, 2.45) is 10.7 Å². The highest BCUT2D eigenvalue weighted by Crippen LogP contribution is 2.24. The summed E-state index contributed by atoms with van der Waals surface area (Å²) in [6, 6.07) is 6.14. The van der Waals surface area contributed by atoms with Crippen molar-refractivity contribution in [2.45, 2.75) is 46.6 Å². The van der Waals surface area contributed by atoms with Gasteiger partial charge in [0.2, 0.25) is 0 Å². The minimum atomic E-state index is 0. The van der Waals surface area contributed by atoms with Gasteiger partial charge in [-0.15, -0.1) is 35.3 Å². The number of guanidine groups is 1. The fourth-order valence-electron chi connectivity index (χ4n) is 1.89. The Bertz CT molecular complexity index is 686. The topological polar surface area (TPSA) is 63.3 Å². The second-order valence-corrected chi connectivity index (χ2v) is 7.44. The molecule has 0 saturated carbocycles. The van der Waals surface area contributed by atoms with Gasteiger partial charge < -0.3 is 11.1 Å². The number of thiazole rings is 1. The number of benzene rings is 1. The summed E-state index contributed by atoms with van der Waals surface area (Å²) in [5.41, 5.74) is 10.6. The van der Waals surface area contributed by atoms with Gasteiger partial charge in [0, 0.05) is 16.5 Å². The zero-order valence-electron chi connectivity index (χ0n) is 14.3. The van der Waals surface area contributed by atoms with Gasteiger partial charge in [0.05, 0.1) is 12.2 Å². The first-order chi connectivity index (χ1) is 10.3. The highest BCUT2D eigenvalue weighted by Gasteiger charge is 2.17. The van der Waals surface area contributed by atoms with E-state index in [2.05, 4.69) is 67.4 Å². The molecule has 2 aromatic rings. The molecule has 3 N–H and O–H groups in total. The van der Waals surface area contributed by atoms with Gasteiger partial charge in [-0.25, -0.2) is 9.98 Å². The Kier molecular flexibility index (Phi) is 7.01. The Hall–Kier alpha value is -1.15. The molecule has 0 amide bonds. The lowest BCUT2D eigenvalue weighted by Gasteiger charge is -2.14. The molecule has 6 heteroatoms. The molecule has 0 aliphatic heterocycles. The molecule has 0 fully saturated rings. The van der Waals surface area contributed by atoms with Crippen LogP contribution in [-0.2, 0) is 12.0 Å². The van der Waals surface area contributed by atoms with E-state index in [0.29, 0.717) is 12.5 Å². The highest BCUT2D eigenvalue weighted by atomic mass is 127. The van der Waals surface area contributed by atoms with Crippen molar-refractivity contribution < 1.29 is 0 Å². The van der Waals surface area contributed by atoms with E-state index in [1.54, 1.807) is 11.3 Å². The standard InChI is InChI=1S/C17H24N4S.HI/c1-11-6-7-13(8-12(11)2)20-16(18)19-9-15-21-14(10-22-15)17(3,4)5;/h6-8,10H,9H2,1-5H3,(H3,18,19,20);1H. The maximum Gasteiger partial charge on any atom is 0.193 e. The molecule has 1 aromatic carbocycles. The molecule has 0 aliphatic rings. The van der Waals surface area contributed by atoms with Crippen molar-refractivity contribution in [3.63, 3.8) is 0 Å². The van der Waals surface area contributed by atoms with Crippen LogP contribution in [0.2, 0.25) is 0 Å². The largest absolute Gasteiger partial charge is 0.370 e. The normalized spacial score (nSPS) is 12.0. The number of anilines is 1. The molecular weight excluding hydrogens is 419 g/mol. The van der Waals surface area contributed by atoms with Crippen LogP contribution in [-0.4, -0.2) is 10.9 Å². The van der Waals surface area contributed by atoms with E-state index in [1.165, 1.54) is 11.1 Å². The van der Waals surface area contributed by atoms with Crippen molar-refractivity contribution in [3.05, 3.63) is 45.4 Å². The average Bonchev–Trinajstić information content (AvgIpc) is 2.89. The lowest BCUT2D eigenvalue weighted by Crippen LogP contribution is -2.22. The summed E-state index contributed by atoms with van der Waals surface area (Å²) in [6.07, 6.45) is 0. The van der Waals surface area contributed by atoms with Crippen LogP contribution in [0.1, 0.15) is 42.6 Å². The van der Waals surface area contributed by atoms with Crippen LogP contribution in [0.5, 0.6) is 0 Å². The minimum Gasteiger partial charge on any atom is -0.370 e. The highest BCUT2D eigenvalue weighted by molar-refractivity contribution is 14.0. The molecule has 4 nitrogen and oxygen atoms in total. The molecule has 0 spiro atoms. The van der Waals surface area contributed by atoms with Gasteiger partial charge >= 0.3 is 0 Å². The molecule has 23 heavy (non-hydrogen) atoms. The number of aryl methyl sites for hydroxylation is 2. The molecule has 0 aliphatic carbocycles. The van der Waals surface area contributed by atoms with Crippen molar-refractivity contribution in [1.82, 2.24) is 4.98 Å². The first kappa shape index (κ1) is 19.9. The van der Waals surface area contributed by atoms with Crippen molar-refractivity contribution in [2.75, 3.05) is 5.32 Å². The van der Waals surface area contributed by atoms with Crippen molar-refractivity contribution in [3.8, 4) is 0 Å². The Morgan fingerprint density at radius 2 is 1.96 bits per heavy atom. The van der Waals surface area contributed by atoms with Gasteiger partial charge in [-0.1, -0.05) is 26.8 Å². The van der Waals surface area contributed by atoms with E-state index in [0.717, 1.165) is 16.4 Å². The van der Waals surface area contributed by atoms with Gasteiger partial charge in [-0.3, -0.25) is 0 Å². The summed E-state index contributed by atoms with van der Waals surface area (Å²) in [4.78, 5) is 8.98. The van der Waals surface area contributed by atoms with Crippen LogP contribution < -0.4 is 11.1 Å². The molecule has 1 aromatic heterocycles. The van der Waals surface area contributed by atoms with Gasteiger partial charge in [-0.2, -0.15) is 0 Å². The van der Waals surface area contributed by atoms with Crippen molar-refractivity contribution >= 4 is 47.0 Å². The molecule has 0 unspecified atom stereocenters. The van der Waals surface area contributed by atoms with Crippen LogP contribution >= 0.6 is 35.3 Å². The Morgan fingerprint density at radius 1 is 1.26 bits per heavy atom. The second-order valence-electron chi connectivity index (χ2n) is 6.50. The van der Waals surface area contributed by atoms with Crippen LogP contribution in [0.25, 0.3) is 0 Å². The number of hydrogen-bond acceptors (Lipinski definition) is 3. The molecule has 0 saturated heterocycles. The molecule has 0 atom stereocenters. The van der Waals surface area contributed by atoms with E-state index in [-0.39, 0.29) is 29.4 Å². The number of nitrogens with two attached hydrogens (primary N) is 1. The zero-order valence-corrected chi connectivity index (χ0v) is 17.5.